The highest BCUT2D eigenvalue weighted by atomic mass is 32.2. The minimum Gasteiger partial charge on any atom is -0.369 e. The number of Topliss-reactive ketones (excluding diaryl/α,β-unsaturated/α-hetero) is 1. The average Bonchev–Trinajstić information content (AvgIpc) is 3.48. The van der Waals surface area contributed by atoms with E-state index in [9.17, 15) is 30.8 Å². The molecule has 1 unspecified atom stereocenters. The smallest absolute Gasteiger partial charge is 0.369 e. The molecule has 1 aromatic carbocycles. The first-order chi connectivity index (χ1) is 18.4. The number of ketones is 1. The van der Waals surface area contributed by atoms with Crippen molar-refractivity contribution >= 4 is 33.1 Å². The fraction of sp³-hybridized carbons (Fsp3) is 0.250. The lowest BCUT2D eigenvalue weighted by Crippen LogP contribution is -2.21. The highest BCUT2D eigenvalue weighted by molar-refractivity contribution is 7.92. The van der Waals surface area contributed by atoms with Crippen LogP contribution in [0.1, 0.15) is 40.9 Å². The van der Waals surface area contributed by atoms with Crippen molar-refractivity contribution in [2.75, 3.05) is 22.3 Å². The fourth-order valence-corrected chi connectivity index (χ4v) is 5.40. The zero-order chi connectivity index (χ0) is 28.1. The second-order valence-electron chi connectivity index (χ2n) is 8.81. The summed E-state index contributed by atoms with van der Waals surface area (Å²) in [5.74, 6) is -4.78. The van der Waals surface area contributed by atoms with Crippen LogP contribution in [0.3, 0.4) is 0 Å². The summed E-state index contributed by atoms with van der Waals surface area (Å²) in [5.41, 5.74) is -1.75. The van der Waals surface area contributed by atoms with Crippen molar-refractivity contribution in [3.8, 4) is 11.3 Å². The number of hydrogen-bond acceptors (Lipinski definition) is 7. The molecule has 39 heavy (non-hydrogen) atoms. The maximum atomic E-state index is 15.2. The van der Waals surface area contributed by atoms with Crippen molar-refractivity contribution in [3.05, 3.63) is 71.3 Å². The van der Waals surface area contributed by atoms with E-state index in [1.54, 1.807) is 6.92 Å². The number of nitrogens with one attached hydrogen (secondary N) is 2. The molecule has 0 amide bonds. The zero-order valence-electron chi connectivity index (χ0n) is 20.1. The van der Waals surface area contributed by atoms with Crippen molar-refractivity contribution < 1.29 is 35.2 Å². The van der Waals surface area contributed by atoms with E-state index < -0.39 is 56.5 Å². The molecule has 0 saturated carbocycles. The van der Waals surface area contributed by atoms with Crippen LogP contribution in [0.4, 0.5) is 33.5 Å². The maximum absolute atomic E-state index is 15.2. The van der Waals surface area contributed by atoms with Crippen LogP contribution in [0.15, 0.2) is 42.9 Å². The van der Waals surface area contributed by atoms with E-state index in [1.807, 2.05) is 4.72 Å². The van der Waals surface area contributed by atoms with E-state index in [-0.39, 0.29) is 41.6 Å². The summed E-state index contributed by atoms with van der Waals surface area (Å²) >= 11 is 0. The number of imidazole rings is 1. The molecule has 3 aromatic heterocycles. The molecule has 0 radical (unpaired) electrons. The Labute approximate surface area is 218 Å². The molecule has 0 bridgehead atoms. The van der Waals surface area contributed by atoms with Gasteiger partial charge in [-0.05, 0) is 30.7 Å². The molecule has 0 saturated heterocycles. The Kier molecular flexibility index (Phi) is 6.48. The van der Waals surface area contributed by atoms with Gasteiger partial charge in [0, 0.05) is 36.3 Å². The van der Waals surface area contributed by atoms with Crippen LogP contribution in [-0.2, 0) is 16.2 Å². The largest absolute Gasteiger partial charge is 0.433 e. The Morgan fingerprint density at radius 3 is 2.69 bits per heavy atom. The number of aromatic nitrogens is 4. The lowest BCUT2D eigenvalue weighted by molar-refractivity contribution is -0.141. The molecule has 2 N–H and O–H groups in total. The van der Waals surface area contributed by atoms with Gasteiger partial charge in [0.05, 0.1) is 28.6 Å². The van der Waals surface area contributed by atoms with Crippen molar-refractivity contribution in [2.24, 2.45) is 0 Å². The summed E-state index contributed by atoms with van der Waals surface area (Å²) in [4.78, 5) is 25.2. The van der Waals surface area contributed by atoms with Crippen molar-refractivity contribution in [1.82, 2.24) is 19.4 Å². The summed E-state index contributed by atoms with van der Waals surface area (Å²) in [6, 6.07) is 4.01. The number of pyridine rings is 1. The normalized spacial score (nSPS) is 15.3. The van der Waals surface area contributed by atoms with Crippen molar-refractivity contribution in [1.29, 1.82) is 0 Å². The summed E-state index contributed by atoms with van der Waals surface area (Å²) < 4.78 is 96.5. The molecule has 0 aliphatic carbocycles. The summed E-state index contributed by atoms with van der Waals surface area (Å²) in [7, 11) is -3.91. The van der Waals surface area contributed by atoms with Crippen LogP contribution < -0.4 is 10.0 Å². The topological polar surface area (TPSA) is 118 Å². The number of anilines is 2. The number of sulfonamides is 1. The van der Waals surface area contributed by atoms with Crippen molar-refractivity contribution in [3.63, 3.8) is 0 Å². The number of benzene rings is 1. The van der Waals surface area contributed by atoms with Gasteiger partial charge in [-0.1, -0.05) is 6.92 Å². The van der Waals surface area contributed by atoms with Gasteiger partial charge in [-0.15, -0.1) is 0 Å². The highest BCUT2D eigenvalue weighted by Crippen LogP contribution is 2.37. The lowest BCUT2D eigenvalue weighted by Gasteiger charge is -2.14. The van der Waals surface area contributed by atoms with Crippen LogP contribution in [0.5, 0.6) is 0 Å². The third-order valence-electron chi connectivity index (χ3n) is 6.07. The number of fused-ring (bicyclic) bond motifs is 2. The van der Waals surface area contributed by atoms with E-state index in [4.69, 9.17) is 0 Å². The Balaban J connectivity index is 1.49. The molecule has 0 spiro atoms. The second-order valence-corrected chi connectivity index (χ2v) is 10.7. The molecule has 4 aromatic rings. The highest BCUT2D eigenvalue weighted by Gasteiger charge is 2.35. The number of halogens is 5. The Hall–Kier alpha value is -4.14. The number of carbonyl (C=O) groups is 1. The third kappa shape index (κ3) is 5.01. The molecule has 204 valence electrons. The predicted molar refractivity (Wildman–Crippen MR) is 131 cm³/mol. The monoisotopic (exact) mass is 566 g/mol. The van der Waals surface area contributed by atoms with E-state index in [0.29, 0.717) is 5.56 Å². The van der Waals surface area contributed by atoms with Crippen LogP contribution in [0.25, 0.3) is 17.0 Å². The molecular formula is C24H19F5N6O3S. The van der Waals surface area contributed by atoms with E-state index >= 15 is 4.39 Å². The van der Waals surface area contributed by atoms with Gasteiger partial charge >= 0.3 is 6.18 Å². The van der Waals surface area contributed by atoms with E-state index in [0.717, 1.165) is 24.4 Å². The first-order valence-corrected chi connectivity index (χ1v) is 13.2. The van der Waals surface area contributed by atoms with E-state index in [2.05, 4.69) is 20.3 Å². The summed E-state index contributed by atoms with van der Waals surface area (Å²) in [5, 5.41) is 2.89. The van der Waals surface area contributed by atoms with Crippen molar-refractivity contribution in [2.45, 2.75) is 25.4 Å². The molecule has 5 rings (SSSR count). The molecule has 1 atom stereocenters. The number of alkyl halides is 3. The SMILES string of the molecule is CCCS(=O)(=O)Nc1ccc(F)c(C(=O)C2CNc3ncc(-c4cn5ccc(C(F)(F)F)nc5n4)cc32)c1F. The van der Waals surface area contributed by atoms with Gasteiger partial charge in [0.25, 0.3) is 0 Å². The van der Waals surface area contributed by atoms with Gasteiger partial charge in [0.1, 0.15) is 17.3 Å². The zero-order valence-corrected chi connectivity index (χ0v) is 20.9. The van der Waals surface area contributed by atoms with Gasteiger partial charge in [0.15, 0.2) is 11.6 Å². The fourth-order valence-electron chi connectivity index (χ4n) is 4.27. The minimum atomic E-state index is -4.65. The first-order valence-electron chi connectivity index (χ1n) is 11.6. The lowest BCUT2D eigenvalue weighted by atomic mass is 9.91. The van der Waals surface area contributed by atoms with Crippen LogP contribution in [0, 0.1) is 11.6 Å². The Bertz CT molecular complexity index is 1720. The summed E-state index contributed by atoms with van der Waals surface area (Å²) in [6.07, 6.45) is -0.426. The van der Waals surface area contributed by atoms with Gasteiger partial charge in [0.2, 0.25) is 15.8 Å². The average molecular weight is 567 g/mol. The maximum Gasteiger partial charge on any atom is 0.433 e. The molecule has 1 aliphatic rings. The molecule has 4 heterocycles. The van der Waals surface area contributed by atoms with E-state index in [1.165, 1.54) is 22.9 Å². The van der Waals surface area contributed by atoms with Gasteiger partial charge in [-0.25, -0.2) is 32.2 Å². The van der Waals surface area contributed by atoms with Gasteiger partial charge in [-0.3, -0.25) is 13.9 Å². The predicted octanol–water partition coefficient (Wildman–Crippen LogP) is 4.63. The first kappa shape index (κ1) is 26.5. The minimum absolute atomic E-state index is 0.0447. The standard InChI is InChI=1S/C24H19F5N6O3S/c1-2-7-39(37,38)34-16-4-3-15(25)19(20(16)26)21(36)14-10-31-22-13(14)8-12(9-30-22)17-11-35-6-5-18(24(27,28)29)33-23(35)32-17/h3-6,8-9,11,14,34H,2,7,10H2,1H3,(H,30,31). The number of hydrogen-bond donors (Lipinski definition) is 2. The molecule has 15 heteroatoms. The number of rotatable bonds is 7. The summed E-state index contributed by atoms with van der Waals surface area (Å²) in [6.45, 7) is 1.57. The quantitative estimate of drug-likeness (QED) is 0.247. The van der Waals surface area contributed by atoms with Crippen LogP contribution in [0.2, 0.25) is 0 Å². The number of carbonyl (C=O) groups excluding carboxylic acids is 1. The third-order valence-corrected chi connectivity index (χ3v) is 7.55. The second kappa shape index (κ2) is 9.55. The molecule has 0 fully saturated rings. The number of nitrogens with zero attached hydrogens (tertiary/aromatic N) is 4. The van der Waals surface area contributed by atoms with Gasteiger partial charge in [-0.2, -0.15) is 13.2 Å². The molecule has 1 aliphatic heterocycles. The van der Waals surface area contributed by atoms with Gasteiger partial charge < -0.3 is 5.32 Å². The van der Waals surface area contributed by atoms with Crippen LogP contribution in [-0.4, -0.2) is 45.9 Å². The molecular weight excluding hydrogens is 547 g/mol. The molecule has 9 nitrogen and oxygen atoms in total. The Morgan fingerprint density at radius 1 is 1.21 bits per heavy atom. The Morgan fingerprint density at radius 2 is 1.97 bits per heavy atom. The van der Waals surface area contributed by atoms with Crippen LogP contribution >= 0.6 is 0 Å².